The Balaban J connectivity index is 2.30. The highest BCUT2D eigenvalue weighted by Gasteiger charge is 2.38. The second kappa shape index (κ2) is 6.83. The number of hydrogen-bond acceptors (Lipinski definition) is 2. The molecule has 0 aromatic carbocycles. The van der Waals surface area contributed by atoms with Crippen molar-refractivity contribution in [3.05, 3.63) is 12.2 Å². The Kier molecular flexibility index (Phi) is 5.74. The van der Waals surface area contributed by atoms with E-state index in [9.17, 15) is 0 Å². The number of rotatable bonds is 6. The van der Waals surface area contributed by atoms with E-state index in [2.05, 4.69) is 18.9 Å². The summed E-state index contributed by atoms with van der Waals surface area (Å²) in [6.45, 7) is 6.01. The highest BCUT2D eigenvalue weighted by atomic mass is 16.7. The number of allylic oxidation sites excluding steroid dienone is 1. The fraction of sp³-hybridized carbons (Fsp3) is 0.733. The van der Waals surface area contributed by atoms with Crippen LogP contribution >= 0.6 is 0 Å². The summed E-state index contributed by atoms with van der Waals surface area (Å²) in [4.78, 5) is 0. The van der Waals surface area contributed by atoms with Crippen molar-refractivity contribution in [2.45, 2.75) is 70.9 Å². The minimum atomic E-state index is -0.561. The molecule has 1 aliphatic heterocycles. The summed E-state index contributed by atoms with van der Waals surface area (Å²) in [5.74, 6) is 2.07. The summed E-state index contributed by atoms with van der Waals surface area (Å²) in [6, 6.07) is 0. The lowest BCUT2D eigenvalue weighted by molar-refractivity contribution is -0.138. The second-order valence-corrected chi connectivity index (χ2v) is 4.96. The Hall–Kier alpha value is -0.780. The van der Waals surface area contributed by atoms with E-state index < -0.39 is 5.79 Å². The van der Waals surface area contributed by atoms with Crippen LogP contribution in [-0.2, 0) is 9.47 Å². The average molecular weight is 236 g/mol. The molecule has 1 fully saturated rings. The quantitative estimate of drug-likeness (QED) is 0.398. The maximum absolute atomic E-state index is 5.73. The summed E-state index contributed by atoms with van der Waals surface area (Å²) in [7, 11) is 0. The van der Waals surface area contributed by atoms with E-state index in [4.69, 9.17) is 15.9 Å². The second-order valence-electron chi connectivity index (χ2n) is 4.96. The van der Waals surface area contributed by atoms with E-state index in [0.29, 0.717) is 0 Å². The van der Waals surface area contributed by atoms with Crippen LogP contribution in [0.25, 0.3) is 0 Å². The van der Waals surface area contributed by atoms with E-state index in [1.807, 2.05) is 19.9 Å². The molecular weight excluding hydrogens is 212 g/mol. The summed E-state index contributed by atoms with van der Waals surface area (Å²) < 4.78 is 11.3. The van der Waals surface area contributed by atoms with Crippen molar-refractivity contribution in [3.63, 3.8) is 0 Å². The Morgan fingerprint density at radius 3 is 2.65 bits per heavy atom. The molecule has 0 amide bonds. The van der Waals surface area contributed by atoms with Crippen LogP contribution in [0.5, 0.6) is 0 Å². The first kappa shape index (κ1) is 14.3. The van der Waals surface area contributed by atoms with Gasteiger partial charge in [-0.25, -0.2) is 0 Å². The molecule has 0 unspecified atom stereocenters. The maximum Gasteiger partial charge on any atom is 0.165 e. The molecule has 0 saturated carbocycles. The van der Waals surface area contributed by atoms with Gasteiger partial charge in [0.15, 0.2) is 11.9 Å². The van der Waals surface area contributed by atoms with Gasteiger partial charge in [0, 0.05) is 0 Å². The number of terminal acetylenes is 1. The molecule has 96 valence electrons. The summed E-state index contributed by atoms with van der Waals surface area (Å²) in [6.07, 6.45) is 15.5. The van der Waals surface area contributed by atoms with E-state index in [1.165, 1.54) is 25.7 Å². The number of hydrogen-bond donors (Lipinski definition) is 0. The van der Waals surface area contributed by atoms with Crippen molar-refractivity contribution in [3.8, 4) is 12.3 Å². The van der Waals surface area contributed by atoms with E-state index >= 15 is 0 Å². The van der Waals surface area contributed by atoms with Crippen LogP contribution in [-0.4, -0.2) is 18.0 Å². The van der Waals surface area contributed by atoms with Crippen LogP contribution in [0.4, 0.5) is 0 Å². The Morgan fingerprint density at radius 1 is 1.24 bits per heavy atom. The highest BCUT2D eigenvalue weighted by molar-refractivity contribution is 5.09. The molecule has 1 heterocycles. The molecule has 0 aromatic heterocycles. The smallest absolute Gasteiger partial charge is 0.165 e. The number of ether oxygens (including phenoxy) is 2. The van der Waals surface area contributed by atoms with Crippen molar-refractivity contribution >= 4 is 0 Å². The Bertz CT molecular complexity index is 286. The molecule has 2 nitrogen and oxygen atoms in total. The van der Waals surface area contributed by atoms with Crippen molar-refractivity contribution in [1.29, 1.82) is 0 Å². The predicted octanol–water partition coefficient (Wildman–Crippen LogP) is 3.67. The minimum absolute atomic E-state index is 0.0961. The number of unbranched alkanes of at least 4 members (excludes halogenated alkanes) is 4. The molecular formula is C15H24O2. The van der Waals surface area contributed by atoms with Crippen molar-refractivity contribution in [1.82, 2.24) is 0 Å². The van der Waals surface area contributed by atoms with Crippen molar-refractivity contribution in [2.24, 2.45) is 0 Å². The standard InChI is InChI=1S/C15H24O2/c1-5-7-8-9-10-11-12-14-13(6-2)16-15(3,4)17-14/h2,11-14H,5,7-10H2,1,3-4H3/b12-11+/t13-,14+/m0/s1. The first-order chi connectivity index (χ1) is 8.09. The topological polar surface area (TPSA) is 18.5 Å². The van der Waals surface area contributed by atoms with Gasteiger partial charge in [-0.05, 0) is 26.7 Å². The van der Waals surface area contributed by atoms with Gasteiger partial charge in [-0.3, -0.25) is 0 Å². The van der Waals surface area contributed by atoms with Gasteiger partial charge in [-0.15, -0.1) is 6.42 Å². The lowest BCUT2D eigenvalue weighted by Crippen LogP contribution is -2.20. The van der Waals surface area contributed by atoms with Crippen LogP contribution in [0.2, 0.25) is 0 Å². The van der Waals surface area contributed by atoms with Crippen molar-refractivity contribution in [2.75, 3.05) is 0 Å². The van der Waals surface area contributed by atoms with Gasteiger partial charge >= 0.3 is 0 Å². The third kappa shape index (κ3) is 4.93. The molecule has 2 atom stereocenters. The lowest BCUT2D eigenvalue weighted by Gasteiger charge is -2.15. The fourth-order valence-corrected chi connectivity index (χ4v) is 1.98. The molecule has 0 aliphatic carbocycles. The van der Waals surface area contributed by atoms with Gasteiger partial charge in [0.2, 0.25) is 0 Å². The van der Waals surface area contributed by atoms with Gasteiger partial charge < -0.3 is 9.47 Å². The molecule has 1 saturated heterocycles. The molecule has 17 heavy (non-hydrogen) atoms. The highest BCUT2D eigenvalue weighted by Crippen LogP contribution is 2.28. The van der Waals surface area contributed by atoms with Crippen LogP contribution in [0.1, 0.15) is 52.9 Å². The van der Waals surface area contributed by atoms with Crippen LogP contribution in [0.3, 0.4) is 0 Å². The first-order valence-electron chi connectivity index (χ1n) is 6.57. The maximum atomic E-state index is 5.73. The van der Waals surface area contributed by atoms with Gasteiger partial charge in [0.05, 0.1) is 0 Å². The average Bonchev–Trinajstić information content (AvgIpc) is 2.58. The van der Waals surface area contributed by atoms with E-state index in [1.54, 1.807) is 0 Å². The molecule has 0 aromatic rings. The van der Waals surface area contributed by atoms with Crippen LogP contribution < -0.4 is 0 Å². The van der Waals surface area contributed by atoms with Gasteiger partial charge in [-0.1, -0.05) is 44.3 Å². The monoisotopic (exact) mass is 236 g/mol. The van der Waals surface area contributed by atoms with Crippen LogP contribution in [0.15, 0.2) is 12.2 Å². The zero-order valence-corrected chi connectivity index (χ0v) is 11.2. The van der Waals surface area contributed by atoms with Crippen LogP contribution in [0, 0.1) is 12.3 Å². The van der Waals surface area contributed by atoms with E-state index in [-0.39, 0.29) is 12.2 Å². The zero-order valence-electron chi connectivity index (χ0n) is 11.2. The molecule has 1 rings (SSSR count). The molecule has 0 spiro atoms. The third-order valence-electron chi connectivity index (χ3n) is 2.84. The lowest BCUT2D eigenvalue weighted by atomic mass is 10.1. The SMILES string of the molecule is C#C[C@@H]1OC(C)(C)O[C@@H]1/C=C/CCCCCC. The van der Waals surface area contributed by atoms with Gasteiger partial charge in [-0.2, -0.15) is 0 Å². The molecule has 0 radical (unpaired) electrons. The minimum Gasteiger partial charge on any atom is -0.339 e. The summed E-state index contributed by atoms with van der Waals surface area (Å²) in [5, 5.41) is 0. The molecule has 0 N–H and O–H groups in total. The largest absolute Gasteiger partial charge is 0.339 e. The summed E-state index contributed by atoms with van der Waals surface area (Å²) in [5.41, 5.74) is 0. The molecule has 0 bridgehead atoms. The van der Waals surface area contributed by atoms with E-state index in [0.717, 1.165) is 6.42 Å². The third-order valence-corrected chi connectivity index (χ3v) is 2.84. The first-order valence-corrected chi connectivity index (χ1v) is 6.57. The normalized spacial score (nSPS) is 27.4. The van der Waals surface area contributed by atoms with Gasteiger partial charge in [0.25, 0.3) is 0 Å². The zero-order chi connectivity index (χ0) is 12.7. The Morgan fingerprint density at radius 2 is 2.00 bits per heavy atom. The summed E-state index contributed by atoms with van der Waals surface area (Å²) >= 11 is 0. The molecule has 1 aliphatic rings. The molecule has 2 heteroatoms. The predicted molar refractivity (Wildman–Crippen MR) is 70.6 cm³/mol. The van der Waals surface area contributed by atoms with Gasteiger partial charge in [0.1, 0.15) is 6.10 Å². The fourth-order valence-electron chi connectivity index (χ4n) is 1.98. The van der Waals surface area contributed by atoms with Crippen molar-refractivity contribution < 1.29 is 9.47 Å². The Labute approximate surface area is 105 Å².